The van der Waals surface area contributed by atoms with Gasteiger partial charge in [-0.3, -0.25) is 9.59 Å². The number of nitrogens with one attached hydrogen (secondary N) is 1. The lowest BCUT2D eigenvalue weighted by Crippen LogP contribution is -2.32. The fraction of sp³-hybridized carbons (Fsp3) is 0.0435. The summed E-state index contributed by atoms with van der Waals surface area (Å²) in [5.41, 5.74) is 1.58. The van der Waals surface area contributed by atoms with Gasteiger partial charge < -0.3 is 5.32 Å². The van der Waals surface area contributed by atoms with Gasteiger partial charge in [0.1, 0.15) is 16.4 Å². The molecule has 3 aromatic carbocycles. The Morgan fingerprint density at radius 3 is 2.25 bits per heavy atom. The number of hydrogen-bond donors (Lipinski definition) is 1. The Morgan fingerprint density at radius 1 is 0.875 bits per heavy atom. The van der Waals surface area contributed by atoms with E-state index in [0.717, 1.165) is 22.2 Å². The first-order chi connectivity index (χ1) is 15.2. The van der Waals surface area contributed by atoms with Crippen molar-refractivity contribution >= 4 is 69.8 Å². The van der Waals surface area contributed by atoms with Gasteiger partial charge in [-0.25, -0.2) is 9.29 Å². The SMILES string of the molecule is Cc1ccc(N2C(=O)C(Nc3ccc(F)c(Cl)c3)=C(Sc3ccc(Cl)cc3)C2=O)cc1Cl. The van der Waals surface area contributed by atoms with Crippen LogP contribution in [-0.4, -0.2) is 11.8 Å². The van der Waals surface area contributed by atoms with Gasteiger partial charge in [-0.15, -0.1) is 0 Å². The van der Waals surface area contributed by atoms with Crippen molar-refractivity contribution in [2.75, 3.05) is 10.2 Å². The summed E-state index contributed by atoms with van der Waals surface area (Å²) in [4.78, 5) is 28.6. The first kappa shape index (κ1) is 22.7. The molecular weight excluding hydrogens is 494 g/mol. The van der Waals surface area contributed by atoms with Gasteiger partial charge in [-0.05, 0) is 67.1 Å². The third-order valence-corrected chi connectivity index (χ3v) is 6.72. The van der Waals surface area contributed by atoms with Gasteiger partial charge in [-0.2, -0.15) is 0 Å². The number of halogens is 4. The van der Waals surface area contributed by atoms with E-state index in [4.69, 9.17) is 34.8 Å². The molecular formula is C23H14Cl3FN2O2S. The van der Waals surface area contributed by atoms with Crippen LogP contribution in [0.5, 0.6) is 0 Å². The quantitative estimate of drug-likeness (QED) is 0.375. The fourth-order valence-corrected chi connectivity index (χ4v) is 4.42. The lowest BCUT2D eigenvalue weighted by molar-refractivity contribution is -0.120. The minimum Gasteiger partial charge on any atom is -0.350 e. The number of carbonyl (C=O) groups is 2. The molecule has 0 spiro atoms. The first-order valence-corrected chi connectivity index (χ1v) is 11.2. The van der Waals surface area contributed by atoms with E-state index in [1.54, 1.807) is 42.5 Å². The summed E-state index contributed by atoms with van der Waals surface area (Å²) in [6.07, 6.45) is 0. The van der Waals surface area contributed by atoms with Crippen LogP contribution in [0.25, 0.3) is 0 Å². The van der Waals surface area contributed by atoms with Gasteiger partial charge in [0.15, 0.2) is 0 Å². The number of amides is 2. The molecule has 0 atom stereocenters. The molecule has 0 bridgehead atoms. The predicted octanol–water partition coefficient (Wildman–Crippen LogP) is 7.08. The number of nitrogens with zero attached hydrogens (tertiary/aromatic N) is 1. The van der Waals surface area contributed by atoms with Crippen molar-refractivity contribution in [2.24, 2.45) is 0 Å². The molecule has 1 aliphatic rings. The molecule has 0 radical (unpaired) electrons. The van der Waals surface area contributed by atoms with Gasteiger partial charge in [0, 0.05) is 20.6 Å². The van der Waals surface area contributed by atoms with Gasteiger partial charge >= 0.3 is 0 Å². The minimum atomic E-state index is -0.591. The van der Waals surface area contributed by atoms with E-state index < -0.39 is 17.6 Å². The second kappa shape index (κ2) is 9.16. The summed E-state index contributed by atoms with van der Waals surface area (Å²) in [6, 6.07) is 15.8. The summed E-state index contributed by atoms with van der Waals surface area (Å²) in [5, 5.41) is 3.80. The molecule has 0 aromatic heterocycles. The number of anilines is 2. The molecule has 1 heterocycles. The van der Waals surface area contributed by atoms with Gasteiger partial charge in [0.25, 0.3) is 11.8 Å². The van der Waals surface area contributed by atoms with Crippen molar-refractivity contribution in [3.05, 3.63) is 97.7 Å². The van der Waals surface area contributed by atoms with Crippen molar-refractivity contribution in [2.45, 2.75) is 11.8 Å². The lowest BCUT2D eigenvalue weighted by Gasteiger charge is -2.16. The van der Waals surface area contributed by atoms with Crippen LogP contribution >= 0.6 is 46.6 Å². The second-order valence-electron chi connectivity index (χ2n) is 6.89. The molecule has 0 saturated carbocycles. The van der Waals surface area contributed by atoms with Crippen LogP contribution in [0.4, 0.5) is 15.8 Å². The molecule has 0 fully saturated rings. The smallest absolute Gasteiger partial charge is 0.283 e. The fourth-order valence-electron chi connectivity index (χ4n) is 3.01. The number of aryl methyl sites for hydroxylation is 1. The number of benzene rings is 3. The predicted molar refractivity (Wildman–Crippen MR) is 128 cm³/mol. The van der Waals surface area contributed by atoms with Gasteiger partial charge in [0.2, 0.25) is 0 Å². The zero-order chi connectivity index (χ0) is 23.0. The van der Waals surface area contributed by atoms with E-state index in [-0.39, 0.29) is 15.6 Å². The van der Waals surface area contributed by atoms with Crippen LogP contribution in [0, 0.1) is 12.7 Å². The number of thioether (sulfide) groups is 1. The Kier molecular flexibility index (Phi) is 6.49. The van der Waals surface area contributed by atoms with Crippen molar-refractivity contribution in [1.29, 1.82) is 0 Å². The monoisotopic (exact) mass is 506 g/mol. The normalized spacial score (nSPS) is 13.8. The molecule has 0 unspecified atom stereocenters. The van der Waals surface area contributed by atoms with E-state index in [9.17, 15) is 14.0 Å². The van der Waals surface area contributed by atoms with Gasteiger partial charge in [-0.1, -0.05) is 52.6 Å². The third-order valence-electron chi connectivity index (χ3n) is 4.68. The van der Waals surface area contributed by atoms with Crippen LogP contribution in [0.1, 0.15) is 5.56 Å². The highest BCUT2D eigenvalue weighted by atomic mass is 35.5. The lowest BCUT2D eigenvalue weighted by atomic mass is 10.2. The average Bonchev–Trinajstić information content (AvgIpc) is 2.98. The number of imide groups is 1. The van der Waals surface area contributed by atoms with Crippen LogP contribution in [0.15, 0.2) is 76.2 Å². The van der Waals surface area contributed by atoms with Crippen molar-refractivity contribution < 1.29 is 14.0 Å². The molecule has 9 heteroatoms. The highest BCUT2D eigenvalue weighted by molar-refractivity contribution is 8.04. The van der Waals surface area contributed by atoms with E-state index in [1.165, 1.54) is 18.2 Å². The molecule has 4 rings (SSSR count). The maximum Gasteiger partial charge on any atom is 0.283 e. The number of rotatable bonds is 5. The summed E-state index contributed by atoms with van der Waals surface area (Å²) >= 11 is 19.2. The molecule has 1 aliphatic heterocycles. The zero-order valence-corrected chi connectivity index (χ0v) is 19.5. The highest BCUT2D eigenvalue weighted by Gasteiger charge is 2.40. The molecule has 3 aromatic rings. The largest absolute Gasteiger partial charge is 0.350 e. The summed E-state index contributed by atoms with van der Waals surface area (Å²) in [7, 11) is 0. The molecule has 4 nitrogen and oxygen atoms in total. The van der Waals surface area contributed by atoms with Crippen LogP contribution in [0.3, 0.4) is 0 Å². The minimum absolute atomic E-state index is 0.0503. The maximum absolute atomic E-state index is 13.6. The van der Waals surface area contributed by atoms with Crippen molar-refractivity contribution in [3.8, 4) is 0 Å². The summed E-state index contributed by atoms with van der Waals surface area (Å²) in [5.74, 6) is -1.66. The van der Waals surface area contributed by atoms with E-state index in [1.807, 2.05) is 6.92 Å². The highest BCUT2D eigenvalue weighted by Crippen LogP contribution is 2.39. The molecule has 0 saturated heterocycles. The molecule has 2 amide bonds. The van der Waals surface area contributed by atoms with Crippen LogP contribution in [0.2, 0.25) is 15.1 Å². The second-order valence-corrected chi connectivity index (χ2v) is 9.23. The Labute approximate surface area is 203 Å². The first-order valence-electron chi connectivity index (χ1n) is 9.29. The third kappa shape index (κ3) is 4.50. The molecule has 32 heavy (non-hydrogen) atoms. The number of hydrogen-bond acceptors (Lipinski definition) is 4. The summed E-state index contributed by atoms with van der Waals surface area (Å²) < 4.78 is 13.6. The van der Waals surface area contributed by atoms with E-state index in [2.05, 4.69) is 5.32 Å². The Morgan fingerprint density at radius 2 is 1.59 bits per heavy atom. The maximum atomic E-state index is 13.6. The topological polar surface area (TPSA) is 49.4 Å². The molecule has 162 valence electrons. The van der Waals surface area contributed by atoms with Crippen LogP contribution < -0.4 is 10.2 Å². The molecule has 1 N–H and O–H groups in total. The van der Waals surface area contributed by atoms with Crippen LogP contribution in [-0.2, 0) is 9.59 Å². The van der Waals surface area contributed by atoms with Gasteiger partial charge in [0.05, 0.1) is 10.7 Å². The summed E-state index contributed by atoms with van der Waals surface area (Å²) in [6.45, 7) is 1.82. The molecule has 0 aliphatic carbocycles. The zero-order valence-electron chi connectivity index (χ0n) is 16.5. The Hall–Kier alpha value is -2.51. The Bertz CT molecular complexity index is 1280. The number of carbonyl (C=O) groups excluding carboxylic acids is 2. The van der Waals surface area contributed by atoms with E-state index >= 15 is 0 Å². The van der Waals surface area contributed by atoms with Crippen molar-refractivity contribution in [3.63, 3.8) is 0 Å². The average molecular weight is 508 g/mol. The standard InChI is InChI=1S/C23H14Cl3FN2O2S/c1-12-2-6-15(11-17(12)25)29-22(30)20(28-14-5-9-19(27)18(26)10-14)21(23(29)31)32-16-7-3-13(24)4-8-16/h2-11,28H,1H3. The van der Waals surface area contributed by atoms with E-state index in [0.29, 0.717) is 26.3 Å². The van der Waals surface area contributed by atoms with Crippen molar-refractivity contribution in [1.82, 2.24) is 0 Å². The Balaban J connectivity index is 1.76.